The molecule has 3 heterocycles. The molecule has 4 aromatic rings. The first kappa shape index (κ1) is 25.9. The SMILES string of the molecule is COc1nc(COC(=O)C(F)(F)F)ccc1-c1cn2c(-c3cc(S(C)(=O)=O)ccc3C)cnc2c(N)n1. The zero-order valence-electron chi connectivity index (χ0n) is 19.7. The van der Waals surface area contributed by atoms with E-state index < -0.39 is 28.6 Å². The lowest BCUT2D eigenvalue weighted by Gasteiger charge is -2.13. The van der Waals surface area contributed by atoms with Crippen LogP contribution >= 0.6 is 0 Å². The number of imidazole rings is 1. The Kier molecular flexibility index (Phi) is 6.54. The molecule has 194 valence electrons. The van der Waals surface area contributed by atoms with E-state index in [1.54, 1.807) is 28.9 Å². The van der Waals surface area contributed by atoms with Crippen LogP contribution in [-0.4, -0.2) is 53.3 Å². The van der Waals surface area contributed by atoms with Gasteiger partial charge in [-0.25, -0.2) is 28.2 Å². The number of rotatable bonds is 6. The number of aromatic nitrogens is 4. The minimum absolute atomic E-state index is 0.00345. The fourth-order valence-electron chi connectivity index (χ4n) is 3.58. The number of aryl methyl sites for hydroxylation is 1. The average molecular weight is 536 g/mol. The number of esters is 1. The average Bonchev–Trinajstić information content (AvgIpc) is 3.25. The standard InChI is InChI=1S/C23H20F3N5O5S/c1-12-4-6-14(37(3,33)34)8-16(12)18-9-28-20-19(27)30-17(10-31(18)20)15-7-5-13(29-21(15)35-2)11-36-22(32)23(24,25)26/h4-10H,11H2,1-3H3,(H2,27,30). The van der Waals surface area contributed by atoms with Gasteiger partial charge in [0.2, 0.25) is 5.88 Å². The third-order valence-electron chi connectivity index (χ3n) is 5.40. The highest BCUT2D eigenvalue weighted by Gasteiger charge is 2.41. The number of fused-ring (bicyclic) bond motifs is 1. The number of hydrogen-bond acceptors (Lipinski definition) is 9. The van der Waals surface area contributed by atoms with Crippen molar-refractivity contribution in [1.29, 1.82) is 0 Å². The Bertz CT molecular complexity index is 1630. The summed E-state index contributed by atoms with van der Waals surface area (Å²) in [6.07, 6.45) is -0.867. The molecule has 0 spiro atoms. The second-order valence-corrected chi connectivity index (χ2v) is 10.0. The molecule has 0 unspecified atom stereocenters. The van der Waals surface area contributed by atoms with Gasteiger partial charge in [-0.1, -0.05) is 6.07 Å². The molecule has 0 fully saturated rings. The number of halogens is 3. The molecule has 0 aliphatic carbocycles. The van der Waals surface area contributed by atoms with Crippen molar-refractivity contribution in [2.45, 2.75) is 24.6 Å². The predicted molar refractivity (Wildman–Crippen MR) is 126 cm³/mol. The molecule has 37 heavy (non-hydrogen) atoms. The monoisotopic (exact) mass is 535 g/mol. The Morgan fingerprint density at radius 3 is 2.51 bits per heavy atom. The van der Waals surface area contributed by atoms with Crippen molar-refractivity contribution < 1.29 is 35.9 Å². The smallest absolute Gasteiger partial charge is 0.480 e. The van der Waals surface area contributed by atoms with Gasteiger partial charge in [0.25, 0.3) is 0 Å². The first-order valence-corrected chi connectivity index (χ1v) is 12.4. The van der Waals surface area contributed by atoms with E-state index in [1.165, 1.54) is 25.3 Å². The predicted octanol–water partition coefficient (Wildman–Crippen LogP) is 3.37. The largest absolute Gasteiger partial charge is 0.490 e. The molecule has 14 heteroatoms. The van der Waals surface area contributed by atoms with Crippen LogP contribution in [0.5, 0.6) is 5.88 Å². The van der Waals surface area contributed by atoms with E-state index >= 15 is 0 Å². The lowest BCUT2D eigenvalue weighted by atomic mass is 10.1. The van der Waals surface area contributed by atoms with E-state index in [4.69, 9.17) is 10.5 Å². The summed E-state index contributed by atoms with van der Waals surface area (Å²) in [5, 5.41) is 0. The third kappa shape index (κ3) is 5.18. The van der Waals surface area contributed by atoms with Crippen molar-refractivity contribution in [1.82, 2.24) is 19.4 Å². The Morgan fingerprint density at radius 2 is 1.86 bits per heavy atom. The zero-order valence-corrected chi connectivity index (χ0v) is 20.5. The van der Waals surface area contributed by atoms with Gasteiger partial charge < -0.3 is 15.2 Å². The maximum atomic E-state index is 12.4. The Hall–Kier alpha value is -4.20. The number of methoxy groups -OCH3 is 1. The lowest BCUT2D eigenvalue weighted by molar-refractivity contribution is -0.201. The van der Waals surface area contributed by atoms with E-state index in [0.717, 1.165) is 11.8 Å². The molecule has 0 saturated carbocycles. The molecular weight excluding hydrogens is 515 g/mol. The van der Waals surface area contributed by atoms with Crippen LogP contribution in [0.4, 0.5) is 19.0 Å². The molecule has 0 aliphatic rings. The number of pyridine rings is 1. The van der Waals surface area contributed by atoms with Crippen LogP contribution in [0.25, 0.3) is 28.2 Å². The molecule has 0 radical (unpaired) electrons. The molecule has 0 amide bonds. The van der Waals surface area contributed by atoms with Crippen molar-refractivity contribution in [2.75, 3.05) is 19.1 Å². The summed E-state index contributed by atoms with van der Waals surface area (Å²) in [4.78, 5) is 23.9. The Balaban J connectivity index is 1.78. The first-order chi connectivity index (χ1) is 17.3. The number of sulfone groups is 1. The normalized spacial score (nSPS) is 12.1. The maximum Gasteiger partial charge on any atom is 0.490 e. The molecule has 0 atom stereocenters. The van der Waals surface area contributed by atoms with Gasteiger partial charge in [-0.3, -0.25) is 4.40 Å². The van der Waals surface area contributed by atoms with Crippen molar-refractivity contribution in [3.63, 3.8) is 0 Å². The number of carbonyl (C=O) groups excluding carboxylic acids is 1. The summed E-state index contributed by atoms with van der Waals surface area (Å²) in [6, 6.07) is 7.60. The number of ether oxygens (including phenoxy) is 2. The highest BCUT2D eigenvalue weighted by Crippen LogP contribution is 2.32. The van der Waals surface area contributed by atoms with Crippen LogP contribution in [0.3, 0.4) is 0 Å². The fraction of sp³-hybridized carbons (Fsp3) is 0.217. The second kappa shape index (κ2) is 9.35. The molecule has 0 aliphatic heterocycles. The summed E-state index contributed by atoms with van der Waals surface area (Å²) < 4.78 is 72.6. The van der Waals surface area contributed by atoms with Gasteiger partial charge in [0, 0.05) is 18.0 Å². The molecule has 10 nitrogen and oxygen atoms in total. The van der Waals surface area contributed by atoms with E-state index in [1.807, 2.05) is 6.92 Å². The highest BCUT2D eigenvalue weighted by molar-refractivity contribution is 7.90. The van der Waals surface area contributed by atoms with Crippen LogP contribution in [-0.2, 0) is 26.0 Å². The minimum atomic E-state index is -5.12. The summed E-state index contributed by atoms with van der Waals surface area (Å²) in [6.45, 7) is 1.11. The summed E-state index contributed by atoms with van der Waals surface area (Å²) >= 11 is 0. The molecule has 0 saturated heterocycles. The number of carbonyl (C=O) groups is 1. The van der Waals surface area contributed by atoms with Crippen molar-refractivity contribution in [3.05, 3.63) is 54.0 Å². The number of nitrogens with two attached hydrogens (primary N) is 1. The van der Waals surface area contributed by atoms with Crippen molar-refractivity contribution >= 4 is 27.3 Å². The second-order valence-electron chi connectivity index (χ2n) is 8.03. The van der Waals surface area contributed by atoms with Gasteiger partial charge in [0.15, 0.2) is 21.3 Å². The van der Waals surface area contributed by atoms with E-state index in [9.17, 15) is 26.4 Å². The quantitative estimate of drug-likeness (QED) is 0.368. The van der Waals surface area contributed by atoms with Gasteiger partial charge in [0.05, 0.1) is 40.8 Å². The van der Waals surface area contributed by atoms with E-state index in [0.29, 0.717) is 28.2 Å². The zero-order chi connectivity index (χ0) is 27.1. The van der Waals surface area contributed by atoms with Crippen molar-refractivity contribution in [2.24, 2.45) is 0 Å². The van der Waals surface area contributed by atoms with Gasteiger partial charge in [0.1, 0.15) is 6.61 Å². The molecular formula is C23H20F3N5O5S. The number of nitrogen functional groups attached to an aromatic ring is 1. The number of hydrogen-bond donors (Lipinski definition) is 1. The lowest BCUT2D eigenvalue weighted by Crippen LogP contribution is -2.25. The van der Waals surface area contributed by atoms with Crippen LogP contribution in [0.2, 0.25) is 0 Å². The van der Waals surface area contributed by atoms with Crippen LogP contribution in [0.15, 0.2) is 47.6 Å². The number of alkyl halides is 3. The van der Waals surface area contributed by atoms with Crippen LogP contribution in [0.1, 0.15) is 11.3 Å². The van der Waals surface area contributed by atoms with E-state index in [2.05, 4.69) is 19.7 Å². The van der Waals surface area contributed by atoms with Gasteiger partial charge in [-0.05, 0) is 36.8 Å². The molecule has 0 bridgehead atoms. The van der Waals surface area contributed by atoms with Crippen LogP contribution < -0.4 is 10.5 Å². The van der Waals surface area contributed by atoms with Crippen LogP contribution in [0, 0.1) is 6.92 Å². The number of benzene rings is 1. The molecule has 2 N–H and O–H groups in total. The summed E-state index contributed by atoms with van der Waals surface area (Å²) in [5.41, 5.74) is 9.09. The fourth-order valence-corrected chi connectivity index (χ4v) is 4.23. The maximum absolute atomic E-state index is 12.4. The molecule has 3 aromatic heterocycles. The first-order valence-electron chi connectivity index (χ1n) is 10.5. The molecule has 1 aromatic carbocycles. The Morgan fingerprint density at radius 1 is 1.14 bits per heavy atom. The minimum Gasteiger partial charge on any atom is -0.480 e. The topological polar surface area (TPSA) is 139 Å². The van der Waals surface area contributed by atoms with Gasteiger partial charge >= 0.3 is 12.1 Å². The van der Waals surface area contributed by atoms with Gasteiger partial charge in [-0.2, -0.15) is 13.2 Å². The summed E-state index contributed by atoms with van der Waals surface area (Å²) in [7, 11) is -2.16. The Labute approximate surface area is 208 Å². The third-order valence-corrected chi connectivity index (χ3v) is 6.51. The highest BCUT2D eigenvalue weighted by atomic mass is 32.2. The number of anilines is 1. The van der Waals surface area contributed by atoms with E-state index in [-0.39, 0.29) is 22.3 Å². The molecule has 4 rings (SSSR count). The number of nitrogens with zero attached hydrogens (tertiary/aromatic N) is 4. The van der Waals surface area contributed by atoms with Crippen molar-refractivity contribution in [3.8, 4) is 28.4 Å². The summed E-state index contributed by atoms with van der Waals surface area (Å²) in [5.74, 6) is -2.27. The van der Waals surface area contributed by atoms with Gasteiger partial charge in [-0.15, -0.1) is 0 Å².